The number of carbonyl (C=O) groups excluding carboxylic acids is 1. The van der Waals surface area contributed by atoms with Crippen LogP contribution in [-0.4, -0.2) is 30.6 Å². The molecular formula is C13H12N2O2. The maximum absolute atomic E-state index is 10.9. The zero-order chi connectivity index (χ0) is 11.8. The van der Waals surface area contributed by atoms with Gasteiger partial charge in [-0.1, -0.05) is 0 Å². The summed E-state index contributed by atoms with van der Waals surface area (Å²) in [6.45, 7) is 0.681. The first-order valence-electron chi connectivity index (χ1n) is 5.52. The minimum Gasteiger partial charge on any atom is -0.497 e. The van der Waals surface area contributed by atoms with Crippen LogP contribution in [0.15, 0.2) is 23.2 Å². The van der Waals surface area contributed by atoms with E-state index < -0.39 is 0 Å². The van der Waals surface area contributed by atoms with Crippen LogP contribution in [0.5, 0.6) is 5.75 Å². The number of rotatable bonds is 2. The summed E-state index contributed by atoms with van der Waals surface area (Å²) < 4.78 is 5.19. The van der Waals surface area contributed by atoms with E-state index in [0.717, 1.165) is 35.1 Å². The third-order valence-electron chi connectivity index (χ3n) is 3.13. The van der Waals surface area contributed by atoms with E-state index in [2.05, 4.69) is 9.98 Å². The van der Waals surface area contributed by atoms with Gasteiger partial charge in [-0.3, -0.25) is 9.79 Å². The Kier molecular flexibility index (Phi) is 2.21. The Bertz CT molecular complexity index is 626. The summed E-state index contributed by atoms with van der Waals surface area (Å²) in [5, 5.41) is 1.15. The predicted octanol–water partition coefficient (Wildman–Crippen LogP) is 1.72. The summed E-state index contributed by atoms with van der Waals surface area (Å²) in [6, 6.07) is 5.90. The Hall–Kier alpha value is -2.10. The van der Waals surface area contributed by atoms with Crippen molar-refractivity contribution in [1.82, 2.24) is 4.98 Å². The summed E-state index contributed by atoms with van der Waals surface area (Å²) in [7, 11) is 1.64. The fourth-order valence-corrected chi connectivity index (χ4v) is 2.30. The SMILES string of the molecule is COc1ccc2c3c([nH]c2c1)C(C=O)=NCC3. The molecule has 0 atom stereocenters. The quantitative estimate of drug-likeness (QED) is 0.796. The zero-order valence-corrected chi connectivity index (χ0v) is 9.49. The number of aliphatic imine (C=N–C) groups is 1. The van der Waals surface area contributed by atoms with Crippen LogP contribution >= 0.6 is 0 Å². The van der Waals surface area contributed by atoms with E-state index in [1.54, 1.807) is 7.11 Å². The van der Waals surface area contributed by atoms with Gasteiger partial charge in [0.05, 0.1) is 12.8 Å². The topological polar surface area (TPSA) is 54.5 Å². The van der Waals surface area contributed by atoms with Crippen molar-refractivity contribution in [2.24, 2.45) is 4.99 Å². The fourth-order valence-electron chi connectivity index (χ4n) is 2.30. The van der Waals surface area contributed by atoms with E-state index in [-0.39, 0.29) is 0 Å². The molecule has 0 radical (unpaired) electrons. The molecule has 0 fully saturated rings. The molecule has 1 aliphatic rings. The van der Waals surface area contributed by atoms with Crippen LogP contribution in [0.1, 0.15) is 11.3 Å². The molecule has 1 aromatic heterocycles. The second kappa shape index (κ2) is 3.73. The van der Waals surface area contributed by atoms with E-state index in [1.165, 1.54) is 5.56 Å². The van der Waals surface area contributed by atoms with Crippen LogP contribution in [0.2, 0.25) is 0 Å². The van der Waals surface area contributed by atoms with Crippen molar-refractivity contribution in [2.45, 2.75) is 6.42 Å². The average Bonchev–Trinajstić information content (AvgIpc) is 2.75. The molecule has 1 N–H and O–H groups in total. The number of methoxy groups -OCH3 is 1. The zero-order valence-electron chi connectivity index (χ0n) is 9.49. The number of benzene rings is 1. The Morgan fingerprint density at radius 2 is 2.35 bits per heavy atom. The number of hydrogen-bond acceptors (Lipinski definition) is 3. The molecule has 86 valence electrons. The monoisotopic (exact) mass is 228 g/mol. The Morgan fingerprint density at radius 1 is 1.47 bits per heavy atom. The highest BCUT2D eigenvalue weighted by Crippen LogP contribution is 2.28. The Balaban J connectivity index is 2.26. The third-order valence-corrected chi connectivity index (χ3v) is 3.13. The van der Waals surface area contributed by atoms with Crippen LogP contribution in [0.4, 0.5) is 0 Å². The van der Waals surface area contributed by atoms with Gasteiger partial charge in [0.15, 0.2) is 6.29 Å². The first kappa shape index (κ1) is 10.1. The highest BCUT2D eigenvalue weighted by Gasteiger charge is 2.18. The second-order valence-electron chi connectivity index (χ2n) is 4.02. The van der Waals surface area contributed by atoms with Crippen molar-refractivity contribution in [2.75, 3.05) is 13.7 Å². The lowest BCUT2D eigenvalue weighted by Crippen LogP contribution is -2.13. The summed E-state index contributed by atoms with van der Waals surface area (Å²) >= 11 is 0. The molecule has 4 heteroatoms. The third kappa shape index (κ3) is 1.45. The number of H-pyrrole nitrogens is 1. The van der Waals surface area contributed by atoms with Crippen LogP contribution in [0, 0.1) is 0 Å². The summed E-state index contributed by atoms with van der Waals surface area (Å²) in [5.74, 6) is 0.806. The number of aldehydes is 1. The van der Waals surface area contributed by atoms with Gasteiger partial charge in [0.25, 0.3) is 0 Å². The van der Waals surface area contributed by atoms with Crippen LogP contribution < -0.4 is 4.74 Å². The van der Waals surface area contributed by atoms with Crippen molar-refractivity contribution >= 4 is 22.9 Å². The van der Waals surface area contributed by atoms with E-state index in [9.17, 15) is 4.79 Å². The predicted molar refractivity (Wildman–Crippen MR) is 66.0 cm³/mol. The molecule has 0 saturated carbocycles. The minimum absolute atomic E-state index is 0.515. The largest absolute Gasteiger partial charge is 0.497 e. The van der Waals surface area contributed by atoms with Gasteiger partial charge >= 0.3 is 0 Å². The molecule has 0 aliphatic carbocycles. The van der Waals surface area contributed by atoms with E-state index in [4.69, 9.17) is 4.74 Å². The van der Waals surface area contributed by atoms with Gasteiger partial charge in [0, 0.05) is 23.5 Å². The number of nitrogens with zero attached hydrogens (tertiary/aromatic N) is 1. The van der Waals surface area contributed by atoms with E-state index in [0.29, 0.717) is 12.3 Å². The van der Waals surface area contributed by atoms with Gasteiger partial charge in [0.2, 0.25) is 0 Å². The molecule has 1 aliphatic heterocycles. The van der Waals surface area contributed by atoms with Crippen molar-refractivity contribution in [3.8, 4) is 5.75 Å². The van der Waals surface area contributed by atoms with Gasteiger partial charge in [-0.05, 0) is 24.1 Å². The van der Waals surface area contributed by atoms with E-state index >= 15 is 0 Å². The van der Waals surface area contributed by atoms with Crippen LogP contribution in [-0.2, 0) is 11.2 Å². The number of aromatic amines is 1. The van der Waals surface area contributed by atoms with Crippen molar-refractivity contribution < 1.29 is 9.53 Å². The summed E-state index contributed by atoms with van der Waals surface area (Å²) in [5.41, 5.74) is 3.54. The number of hydrogen-bond donors (Lipinski definition) is 1. The highest BCUT2D eigenvalue weighted by atomic mass is 16.5. The standard InChI is InChI=1S/C13H12N2O2/c1-17-8-2-3-9-10-4-5-14-12(7-16)13(10)15-11(9)6-8/h2-3,6-7,15H,4-5H2,1H3. The number of aromatic nitrogens is 1. The molecule has 0 spiro atoms. The van der Waals surface area contributed by atoms with Crippen molar-refractivity contribution in [1.29, 1.82) is 0 Å². The molecule has 2 heterocycles. The number of ether oxygens (including phenoxy) is 1. The summed E-state index contributed by atoms with van der Waals surface area (Å²) in [4.78, 5) is 18.4. The fraction of sp³-hybridized carbons (Fsp3) is 0.231. The molecule has 0 bridgehead atoms. The normalized spacial score (nSPS) is 14.3. The lowest BCUT2D eigenvalue weighted by molar-refractivity contribution is -0.102. The molecule has 2 aromatic rings. The average molecular weight is 228 g/mol. The summed E-state index contributed by atoms with van der Waals surface area (Å²) in [6.07, 6.45) is 1.68. The van der Waals surface area contributed by atoms with Gasteiger partial charge in [-0.25, -0.2) is 0 Å². The van der Waals surface area contributed by atoms with Crippen molar-refractivity contribution in [3.63, 3.8) is 0 Å². The lowest BCUT2D eigenvalue weighted by atomic mass is 10.0. The van der Waals surface area contributed by atoms with Gasteiger partial charge in [-0.15, -0.1) is 0 Å². The molecule has 0 unspecified atom stereocenters. The maximum atomic E-state index is 10.9. The van der Waals surface area contributed by atoms with Gasteiger partial charge in [-0.2, -0.15) is 0 Å². The minimum atomic E-state index is 0.515. The first-order chi connectivity index (χ1) is 8.33. The molecule has 0 saturated heterocycles. The van der Waals surface area contributed by atoms with Crippen LogP contribution in [0.25, 0.3) is 10.9 Å². The van der Waals surface area contributed by atoms with Crippen LogP contribution in [0.3, 0.4) is 0 Å². The number of fused-ring (bicyclic) bond motifs is 3. The Morgan fingerprint density at radius 3 is 3.12 bits per heavy atom. The van der Waals surface area contributed by atoms with Gasteiger partial charge < -0.3 is 9.72 Å². The molecule has 4 nitrogen and oxygen atoms in total. The number of carbonyl (C=O) groups is 1. The maximum Gasteiger partial charge on any atom is 0.170 e. The van der Waals surface area contributed by atoms with Gasteiger partial charge in [0.1, 0.15) is 11.5 Å². The highest BCUT2D eigenvalue weighted by molar-refractivity contribution is 6.37. The second-order valence-corrected chi connectivity index (χ2v) is 4.02. The first-order valence-corrected chi connectivity index (χ1v) is 5.52. The molecule has 1 aromatic carbocycles. The van der Waals surface area contributed by atoms with E-state index in [1.807, 2.05) is 18.2 Å². The smallest absolute Gasteiger partial charge is 0.170 e. The lowest BCUT2D eigenvalue weighted by Gasteiger charge is -2.08. The number of nitrogens with one attached hydrogen (secondary N) is 1. The molecule has 3 rings (SSSR count). The molecule has 0 amide bonds. The van der Waals surface area contributed by atoms with Crippen molar-refractivity contribution in [3.05, 3.63) is 29.5 Å². The Labute approximate surface area is 98.3 Å². The molecule has 17 heavy (non-hydrogen) atoms. The molecular weight excluding hydrogens is 216 g/mol.